The predicted molar refractivity (Wildman–Crippen MR) is 88.5 cm³/mol. The van der Waals surface area contributed by atoms with Crippen LogP contribution >= 0.6 is 0 Å². The van der Waals surface area contributed by atoms with Crippen molar-refractivity contribution in [1.29, 1.82) is 0 Å². The SMILES string of the molecule is Cc1ccc(CCN(C)c2cc(C)ccc2N)c(C)c1. The smallest absolute Gasteiger partial charge is 0.0600 e. The number of likely N-dealkylation sites (N-methyl/N-ethyl adjacent to an activating group) is 1. The number of rotatable bonds is 4. The molecule has 2 aromatic rings. The van der Waals surface area contributed by atoms with E-state index in [2.05, 4.69) is 63.1 Å². The summed E-state index contributed by atoms with van der Waals surface area (Å²) in [7, 11) is 2.11. The van der Waals surface area contributed by atoms with Crippen molar-refractivity contribution in [3.63, 3.8) is 0 Å². The van der Waals surface area contributed by atoms with Crippen LogP contribution in [0.1, 0.15) is 22.3 Å². The van der Waals surface area contributed by atoms with Crippen LogP contribution in [0.5, 0.6) is 0 Å². The molecule has 2 rings (SSSR count). The summed E-state index contributed by atoms with van der Waals surface area (Å²) in [5.74, 6) is 0. The quantitative estimate of drug-likeness (QED) is 0.853. The average Bonchev–Trinajstić information content (AvgIpc) is 2.40. The van der Waals surface area contributed by atoms with E-state index in [4.69, 9.17) is 5.73 Å². The van der Waals surface area contributed by atoms with E-state index in [1.54, 1.807) is 0 Å². The summed E-state index contributed by atoms with van der Waals surface area (Å²) < 4.78 is 0. The van der Waals surface area contributed by atoms with Gasteiger partial charge in [-0.1, -0.05) is 29.8 Å². The minimum atomic E-state index is 0.846. The van der Waals surface area contributed by atoms with Gasteiger partial charge in [-0.05, 0) is 56.0 Å². The van der Waals surface area contributed by atoms with Crippen molar-refractivity contribution in [2.45, 2.75) is 27.2 Å². The molecule has 0 heterocycles. The van der Waals surface area contributed by atoms with Gasteiger partial charge in [0.1, 0.15) is 0 Å². The number of nitrogens with two attached hydrogens (primary N) is 1. The second-order valence-corrected chi connectivity index (χ2v) is 5.66. The summed E-state index contributed by atoms with van der Waals surface area (Å²) in [4.78, 5) is 2.24. The van der Waals surface area contributed by atoms with E-state index in [9.17, 15) is 0 Å². The fourth-order valence-electron chi connectivity index (χ4n) is 2.52. The molecule has 0 aliphatic heterocycles. The van der Waals surface area contributed by atoms with Gasteiger partial charge in [-0.2, -0.15) is 0 Å². The third-order valence-electron chi connectivity index (χ3n) is 3.81. The molecular weight excluding hydrogens is 244 g/mol. The lowest BCUT2D eigenvalue weighted by Crippen LogP contribution is -2.21. The maximum absolute atomic E-state index is 6.07. The largest absolute Gasteiger partial charge is 0.397 e. The number of hydrogen-bond donors (Lipinski definition) is 1. The summed E-state index contributed by atoms with van der Waals surface area (Å²) in [5, 5.41) is 0. The second kappa shape index (κ2) is 6.00. The van der Waals surface area contributed by atoms with Crippen LogP contribution in [-0.4, -0.2) is 13.6 Å². The summed E-state index contributed by atoms with van der Waals surface area (Å²) in [6, 6.07) is 12.9. The monoisotopic (exact) mass is 268 g/mol. The number of benzene rings is 2. The van der Waals surface area contributed by atoms with Crippen molar-refractivity contribution in [2.24, 2.45) is 0 Å². The molecule has 106 valence electrons. The third kappa shape index (κ3) is 3.32. The Labute approximate surface area is 122 Å². The van der Waals surface area contributed by atoms with E-state index in [1.807, 2.05) is 6.07 Å². The van der Waals surface area contributed by atoms with Crippen molar-refractivity contribution in [2.75, 3.05) is 24.2 Å². The molecule has 0 unspecified atom stereocenters. The second-order valence-electron chi connectivity index (χ2n) is 5.66. The van der Waals surface area contributed by atoms with Crippen molar-refractivity contribution in [3.8, 4) is 0 Å². The number of anilines is 2. The molecule has 0 aromatic heterocycles. The van der Waals surface area contributed by atoms with Crippen molar-refractivity contribution in [3.05, 3.63) is 58.7 Å². The molecule has 0 atom stereocenters. The first-order valence-corrected chi connectivity index (χ1v) is 7.11. The van der Waals surface area contributed by atoms with E-state index in [0.717, 1.165) is 24.3 Å². The molecule has 0 amide bonds. The maximum atomic E-state index is 6.07. The number of aryl methyl sites for hydroxylation is 3. The summed E-state index contributed by atoms with van der Waals surface area (Å²) >= 11 is 0. The normalized spacial score (nSPS) is 10.6. The maximum Gasteiger partial charge on any atom is 0.0600 e. The molecular formula is C18H24N2. The lowest BCUT2D eigenvalue weighted by molar-refractivity contribution is 0.871. The van der Waals surface area contributed by atoms with Crippen LogP contribution in [0.3, 0.4) is 0 Å². The lowest BCUT2D eigenvalue weighted by atomic mass is 10.0. The van der Waals surface area contributed by atoms with Crippen LogP contribution in [0.4, 0.5) is 11.4 Å². The lowest BCUT2D eigenvalue weighted by Gasteiger charge is -2.22. The first-order valence-electron chi connectivity index (χ1n) is 7.11. The van der Waals surface area contributed by atoms with Gasteiger partial charge in [0.05, 0.1) is 11.4 Å². The van der Waals surface area contributed by atoms with Gasteiger partial charge in [0.15, 0.2) is 0 Å². The predicted octanol–water partition coefficient (Wildman–Crippen LogP) is 3.87. The van der Waals surface area contributed by atoms with E-state index in [-0.39, 0.29) is 0 Å². The van der Waals surface area contributed by atoms with Gasteiger partial charge in [0.25, 0.3) is 0 Å². The van der Waals surface area contributed by atoms with Gasteiger partial charge in [-0.15, -0.1) is 0 Å². The standard InChI is InChI=1S/C18H24N2/c1-13-5-7-16(15(3)11-13)9-10-20(4)18-12-14(2)6-8-17(18)19/h5-8,11-12H,9-10,19H2,1-4H3. The highest BCUT2D eigenvalue weighted by molar-refractivity contribution is 5.68. The summed E-state index contributed by atoms with van der Waals surface area (Å²) in [6.07, 6.45) is 1.04. The molecule has 0 bridgehead atoms. The molecule has 0 radical (unpaired) electrons. The topological polar surface area (TPSA) is 29.3 Å². The van der Waals surface area contributed by atoms with E-state index in [0.29, 0.717) is 0 Å². The van der Waals surface area contributed by atoms with Gasteiger partial charge in [0.2, 0.25) is 0 Å². The minimum absolute atomic E-state index is 0.846. The Kier molecular flexibility index (Phi) is 4.33. The molecule has 0 spiro atoms. The van der Waals surface area contributed by atoms with Crippen LogP contribution in [0.15, 0.2) is 36.4 Å². The highest BCUT2D eigenvalue weighted by atomic mass is 15.1. The highest BCUT2D eigenvalue weighted by Gasteiger charge is 2.07. The van der Waals surface area contributed by atoms with Gasteiger partial charge >= 0.3 is 0 Å². The molecule has 2 aromatic carbocycles. The first-order chi connectivity index (χ1) is 9.47. The molecule has 2 heteroatoms. The van der Waals surface area contributed by atoms with E-state index in [1.165, 1.54) is 22.3 Å². The molecule has 0 fully saturated rings. The van der Waals surface area contributed by atoms with Crippen LogP contribution in [0.25, 0.3) is 0 Å². The van der Waals surface area contributed by atoms with Crippen LogP contribution in [-0.2, 0) is 6.42 Å². The Morgan fingerprint density at radius 1 is 0.950 bits per heavy atom. The zero-order valence-electron chi connectivity index (χ0n) is 12.9. The molecule has 0 aliphatic carbocycles. The van der Waals surface area contributed by atoms with Crippen molar-refractivity contribution in [1.82, 2.24) is 0 Å². The van der Waals surface area contributed by atoms with E-state index >= 15 is 0 Å². The number of hydrogen-bond acceptors (Lipinski definition) is 2. The Morgan fingerprint density at radius 3 is 2.30 bits per heavy atom. The van der Waals surface area contributed by atoms with Crippen LogP contribution in [0, 0.1) is 20.8 Å². The molecule has 0 saturated heterocycles. The molecule has 0 aliphatic rings. The average molecular weight is 268 g/mol. The van der Waals surface area contributed by atoms with Gasteiger partial charge in [0, 0.05) is 13.6 Å². The molecule has 0 saturated carbocycles. The molecule has 2 nitrogen and oxygen atoms in total. The fourth-order valence-corrected chi connectivity index (χ4v) is 2.52. The molecule has 20 heavy (non-hydrogen) atoms. The Bertz CT molecular complexity index is 602. The first kappa shape index (κ1) is 14.4. The number of nitrogen functional groups attached to an aromatic ring is 1. The van der Waals surface area contributed by atoms with Gasteiger partial charge in [-0.25, -0.2) is 0 Å². The third-order valence-corrected chi connectivity index (χ3v) is 3.81. The Balaban J connectivity index is 2.08. The Hall–Kier alpha value is -1.96. The van der Waals surface area contributed by atoms with Gasteiger partial charge in [-0.3, -0.25) is 0 Å². The summed E-state index contributed by atoms with van der Waals surface area (Å²) in [6.45, 7) is 7.39. The zero-order valence-corrected chi connectivity index (χ0v) is 12.9. The fraction of sp³-hybridized carbons (Fsp3) is 0.333. The van der Waals surface area contributed by atoms with Crippen LogP contribution < -0.4 is 10.6 Å². The Morgan fingerprint density at radius 2 is 1.60 bits per heavy atom. The van der Waals surface area contributed by atoms with Gasteiger partial charge < -0.3 is 10.6 Å². The summed E-state index contributed by atoms with van der Waals surface area (Å²) in [5.41, 5.74) is 13.4. The van der Waals surface area contributed by atoms with Crippen molar-refractivity contribution < 1.29 is 0 Å². The zero-order chi connectivity index (χ0) is 14.7. The van der Waals surface area contributed by atoms with Crippen LogP contribution in [0.2, 0.25) is 0 Å². The number of nitrogens with zero attached hydrogens (tertiary/aromatic N) is 1. The van der Waals surface area contributed by atoms with Crippen molar-refractivity contribution >= 4 is 11.4 Å². The minimum Gasteiger partial charge on any atom is -0.397 e. The highest BCUT2D eigenvalue weighted by Crippen LogP contribution is 2.23. The van der Waals surface area contributed by atoms with E-state index < -0.39 is 0 Å². The molecule has 2 N–H and O–H groups in total.